The lowest BCUT2D eigenvalue weighted by Crippen LogP contribution is -2.35. The predicted octanol–water partition coefficient (Wildman–Crippen LogP) is 1.68. The summed E-state index contributed by atoms with van der Waals surface area (Å²) >= 11 is 0. The van der Waals surface area contributed by atoms with Crippen molar-refractivity contribution in [1.82, 2.24) is 41.2 Å². The van der Waals surface area contributed by atoms with Crippen LogP contribution in [0, 0.1) is 12.7 Å². The van der Waals surface area contributed by atoms with Gasteiger partial charge in [0.05, 0.1) is 7.11 Å². The van der Waals surface area contributed by atoms with Gasteiger partial charge in [0.2, 0.25) is 5.82 Å². The molecule has 2 amide bonds. The second kappa shape index (κ2) is 11.1. The predicted molar refractivity (Wildman–Crippen MR) is 126 cm³/mol. The Balaban J connectivity index is 1.46. The topological polar surface area (TPSA) is 165 Å². The fourth-order valence-electron chi connectivity index (χ4n) is 3.41. The van der Waals surface area contributed by atoms with Crippen LogP contribution in [0.5, 0.6) is 0 Å². The van der Waals surface area contributed by atoms with Gasteiger partial charge in [-0.15, -0.1) is 10.2 Å². The molecule has 0 radical (unpaired) electrons. The number of hydrogen-bond donors (Lipinski definition) is 3. The largest absolute Gasteiger partial charge is 0.467 e. The first-order valence-corrected chi connectivity index (χ1v) is 10.9. The number of carbonyl (C=O) groups excluding carboxylic acids is 3. The van der Waals surface area contributed by atoms with Crippen molar-refractivity contribution in [2.45, 2.75) is 19.5 Å². The van der Waals surface area contributed by atoms with Gasteiger partial charge in [0.1, 0.15) is 23.5 Å². The number of H-pyrrole nitrogens is 1. The number of ether oxygens (including phenoxy) is 1. The van der Waals surface area contributed by atoms with E-state index in [1.54, 1.807) is 43.3 Å². The number of halogens is 1. The average molecular weight is 504 g/mol. The van der Waals surface area contributed by atoms with Crippen LogP contribution >= 0.6 is 0 Å². The summed E-state index contributed by atoms with van der Waals surface area (Å²) in [6, 6.07) is 11.1. The Labute approximate surface area is 209 Å². The number of nitrogens with one attached hydrogen (secondary N) is 3. The van der Waals surface area contributed by atoms with Crippen molar-refractivity contribution in [3.8, 4) is 11.4 Å². The number of hydrogen-bond acceptors (Lipinski definition) is 9. The van der Waals surface area contributed by atoms with Crippen LogP contribution in [-0.2, 0) is 16.1 Å². The summed E-state index contributed by atoms with van der Waals surface area (Å²) in [7, 11) is 1.20. The number of amides is 2. The number of benzene rings is 2. The van der Waals surface area contributed by atoms with Crippen molar-refractivity contribution in [3.63, 3.8) is 0 Å². The summed E-state index contributed by atoms with van der Waals surface area (Å²) < 4.78 is 18.3. The third-order valence-electron chi connectivity index (χ3n) is 5.37. The van der Waals surface area contributed by atoms with E-state index in [0.717, 1.165) is 6.33 Å². The van der Waals surface area contributed by atoms with E-state index >= 15 is 0 Å². The Morgan fingerprint density at radius 3 is 2.41 bits per heavy atom. The minimum absolute atomic E-state index is 0.0573. The molecule has 4 rings (SSSR count). The molecule has 188 valence electrons. The lowest BCUT2D eigenvalue weighted by Gasteiger charge is -2.17. The first-order chi connectivity index (χ1) is 17.9. The molecule has 0 saturated carbocycles. The zero-order valence-corrected chi connectivity index (χ0v) is 19.7. The van der Waals surface area contributed by atoms with Crippen molar-refractivity contribution < 1.29 is 23.5 Å². The normalized spacial score (nSPS) is 11.4. The van der Waals surface area contributed by atoms with E-state index in [1.165, 1.54) is 19.2 Å². The van der Waals surface area contributed by atoms with E-state index in [4.69, 9.17) is 4.74 Å². The summed E-state index contributed by atoms with van der Waals surface area (Å²) in [5.41, 5.74) is 2.06. The van der Waals surface area contributed by atoms with Gasteiger partial charge >= 0.3 is 5.97 Å². The summed E-state index contributed by atoms with van der Waals surface area (Å²) in [6.45, 7) is 1.76. The molecule has 13 heteroatoms. The van der Waals surface area contributed by atoms with Crippen LogP contribution in [0.4, 0.5) is 4.39 Å². The fourth-order valence-corrected chi connectivity index (χ4v) is 3.41. The van der Waals surface area contributed by atoms with Crippen molar-refractivity contribution in [1.29, 1.82) is 0 Å². The third kappa shape index (κ3) is 5.96. The van der Waals surface area contributed by atoms with E-state index in [2.05, 4.69) is 41.2 Å². The van der Waals surface area contributed by atoms with Gasteiger partial charge in [0, 0.05) is 18.2 Å². The van der Waals surface area contributed by atoms with E-state index in [0.29, 0.717) is 28.1 Å². The summed E-state index contributed by atoms with van der Waals surface area (Å²) in [5, 5.41) is 18.9. The molecule has 4 aromatic rings. The first kappa shape index (κ1) is 25.0. The lowest BCUT2D eigenvalue weighted by molar-refractivity contribution is -0.143. The van der Waals surface area contributed by atoms with Crippen LogP contribution in [0.3, 0.4) is 0 Å². The van der Waals surface area contributed by atoms with Crippen LogP contribution in [0.25, 0.3) is 11.4 Å². The molecular formula is C24H21FN8O4. The number of tetrazole rings is 1. The standard InChI is InChI=1S/C24H21FN8O4/c1-13-9-14(3-8-17(13)25)11-26-22(34)18-10-19(28-12-27-18)23(35)29-20(24(36)37-2)15-4-6-16(7-5-15)21-30-32-33-31-21/h3-10,12,20H,11H2,1-2H3,(H,26,34)(H,29,35)(H,30,31,32,33)/t20-/m1/s1. The Morgan fingerprint density at radius 2 is 1.76 bits per heavy atom. The number of aromatic amines is 1. The van der Waals surface area contributed by atoms with Crippen LogP contribution in [0.2, 0.25) is 0 Å². The van der Waals surface area contributed by atoms with Crippen molar-refractivity contribution >= 4 is 17.8 Å². The maximum absolute atomic E-state index is 13.5. The number of aromatic nitrogens is 6. The van der Waals surface area contributed by atoms with Crippen molar-refractivity contribution in [3.05, 3.63) is 88.8 Å². The number of aryl methyl sites for hydroxylation is 1. The zero-order valence-electron chi connectivity index (χ0n) is 19.7. The van der Waals surface area contributed by atoms with Crippen LogP contribution in [0.1, 0.15) is 43.7 Å². The monoisotopic (exact) mass is 504 g/mol. The molecule has 12 nitrogen and oxygen atoms in total. The van der Waals surface area contributed by atoms with Gasteiger partial charge < -0.3 is 15.4 Å². The van der Waals surface area contributed by atoms with E-state index in [1.807, 2.05) is 0 Å². The van der Waals surface area contributed by atoms with Gasteiger partial charge in [-0.25, -0.2) is 19.2 Å². The van der Waals surface area contributed by atoms with Crippen molar-refractivity contribution in [2.75, 3.05) is 7.11 Å². The van der Waals surface area contributed by atoms with Gasteiger partial charge in [0.25, 0.3) is 11.8 Å². The molecule has 0 unspecified atom stereocenters. The number of nitrogens with zero attached hydrogens (tertiary/aromatic N) is 5. The van der Waals surface area contributed by atoms with Gasteiger partial charge in [-0.1, -0.05) is 36.4 Å². The Kier molecular flexibility index (Phi) is 7.52. The molecule has 0 fully saturated rings. The molecule has 0 spiro atoms. The molecule has 2 aromatic heterocycles. The third-order valence-corrected chi connectivity index (χ3v) is 5.37. The first-order valence-electron chi connectivity index (χ1n) is 10.9. The summed E-state index contributed by atoms with van der Waals surface area (Å²) in [4.78, 5) is 45.8. The van der Waals surface area contributed by atoms with E-state index in [9.17, 15) is 18.8 Å². The average Bonchev–Trinajstić information content (AvgIpc) is 3.47. The van der Waals surface area contributed by atoms with Gasteiger partial charge in [-0.05, 0) is 34.9 Å². The Hall–Kier alpha value is -5.07. The smallest absolute Gasteiger partial charge is 0.333 e. The Morgan fingerprint density at radius 1 is 1.03 bits per heavy atom. The van der Waals surface area contributed by atoms with Crippen LogP contribution < -0.4 is 10.6 Å². The molecule has 37 heavy (non-hydrogen) atoms. The summed E-state index contributed by atoms with van der Waals surface area (Å²) in [5.74, 6) is -1.95. The molecule has 1 atom stereocenters. The SMILES string of the molecule is COC(=O)[C@H](NC(=O)c1cc(C(=O)NCc2ccc(F)c(C)c2)ncn1)c1ccc(-c2nn[nH]n2)cc1. The fraction of sp³-hybridized carbons (Fsp3) is 0.167. The molecule has 3 N–H and O–H groups in total. The highest BCUT2D eigenvalue weighted by molar-refractivity contribution is 5.98. The second-order valence-electron chi connectivity index (χ2n) is 7.84. The number of methoxy groups -OCH3 is 1. The Bertz CT molecular complexity index is 1430. The molecule has 0 bridgehead atoms. The molecule has 2 heterocycles. The minimum Gasteiger partial charge on any atom is -0.467 e. The van der Waals surface area contributed by atoms with Gasteiger partial charge in [0.15, 0.2) is 6.04 Å². The van der Waals surface area contributed by atoms with Crippen LogP contribution in [-0.4, -0.2) is 55.5 Å². The number of carbonyl (C=O) groups is 3. The highest BCUT2D eigenvalue weighted by Gasteiger charge is 2.25. The second-order valence-corrected chi connectivity index (χ2v) is 7.84. The maximum atomic E-state index is 13.5. The minimum atomic E-state index is -1.15. The van der Waals surface area contributed by atoms with E-state index in [-0.39, 0.29) is 23.7 Å². The maximum Gasteiger partial charge on any atom is 0.333 e. The summed E-state index contributed by atoms with van der Waals surface area (Å²) in [6.07, 6.45) is 1.07. The molecule has 0 aliphatic carbocycles. The van der Waals surface area contributed by atoms with Gasteiger partial charge in [-0.2, -0.15) is 5.21 Å². The van der Waals surface area contributed by atoms with E-state index < -0.39 is 23.8 Å². The number of rotatable bonds is 8. The van der Waals surface area contributed by atoms with Crippen molar-refractivity contribution in [2.24, 2.45) is 0 Å². The molecule has 0 saturated heterocycles. The molecular weight excluding hydrogens is 483 g/mol. The lowest BCUT2D eigenvalue weighted by atomic mass is 10.0. The quantitative estimate of drug-likeness (QED) is 0.303. The van der Waals surface area contributed by atoms with Gasteiger partial charge in [-0.3, -0.25) is 9.59 Å². The highest BCUT2D eigenvalue weighted by Crippen LogP contribution is 2.20. The molecule has 0 aliphatic rings. The highest BCUT2D eigenvalue weighted by atomic mass is 19.1. The number of esters is 1. The molecule has 0 aliphatic heterocycles. The molecule has 2 aromatic carbocycles. The van der Waals surface area contributed by atoms with Crippen LogP contribution in [0.15, 0.2) is 54.9 Å². The zero-order chi connectivity index (χ0) is 26.4.